The normalized spacial score (nSPS) is 20.3. The molecule has 4 rings (SSSR count). The highest BCUT2D eigenvalue weighted by molar-refractivity contribution is 5.98. The number of nitrogens with zero attached hydrogens (tertiary/aromatic N) is 4. The topological polar surface area (TPSA) is 113 Å². The van der Waals surface area contributed by atoms with Crippen LogP contribution in [0.5, 0.6) is 5.75 Å². The molecular weight excluding hydrogens is 400 g/mol. The number of rotatable bonds is 7. The zero-order valence-electron chi connectivity index (χ0n) is 17.8. The molecule has 0 radical (unpaired) electrons. The highest BCUT2D eigenvalue weighted by Gasteiger charge is 2.39. The van der Waals surface area contributed by atoms with Gasteiger partial charge in [-0.25, -0.2) is 9.90 Å². The zero-order valence-corrected chi connectivity index (χ0v) is 17.8. The number of anilines is 1. The smallest absolute Gasteiger partial charge is 0.246 e. The van der Waals surface area contributed by atoms with Crippen LogP contribution < -0.4 is 10.1 Å². The van der Waals surface area contributed by atoms with E-state index in [0.717, 1.165) is 18.6 Å². The standard InChI is InChI=1S/C21H28N6O4/c1-25-21(23-24-25)22-18(28)13-27-12-9-17(20(27)30)26-10-7-15(8-11-26)19(29)14-3-5-16(31-2)6-4-14/h3-6,15,17,24H,7-13H2,1-2H3,(H,22,23,28). The van der Waals surface area contributed by atoms with Crippen LogP contribution in [0.15, 0.2) is 24.3 Å². The molecule has 1 aromatic carbocycles. The third kappa shape index (κ3) is 4.48. The Hall–Kier alpha value is -3.14. The number of nitrogens with one attached hydrogen (secondary N) is 2. The predicted molar refractivity (Wildman–Crippen MR) is 113 cm³/mol. The second-order valence-electron chi connectivity index (χ2n) is 8.11. The lowest BCUT2D eigenvalue weighted by Crippen LogP contribution is -2.47. The van der Waals surface area contributed by atoms with Gasteiger partial charge >= 0.3 is 0 Å². The average Bonchev–Trinajstić information content (AvgIpc) is 3.16. The number of carbonyl (C=O) groups excluding carboxylic acids is 3. The Bertz CT molecular complexity index is 941. The highest BCUT2D eigenvalue weighted by atomic mass is 16.5. The van der Waals surface area contributed by atoms with Gasteiger partial charge in [-0.1, -0.05) is 0 Å². The summed E-state index contributed by atoms with van der Waals surface area (Å²) in [4.78, 5) is 41.6. The van der Waals surface area contributed by atoms with E-state index in [1.54, 1.807) is 48.0 Å². The SMILES string of the molecule is COc1ccc(C(=O)C2CCN(C3CCN(CC(=O)Nc4n[nH]n4C)C3=O)CC2)cc1. The number of Topliss-reactive ketones (excluding diaryl/α,β-unsaturated/α-hetero) is 1. The highest BCUT2D eigenvalue weighted by Crippen LogP contribution is 2.27. The molecule has 2 fully saturated rings. The maximum Gasteiger partial charge on any atom is 0.246 e. The number of hydrogen-bond donors (Lipinski definition) is 2. The molecule has 0 aliphatic carbocycles. The van der Waals surface area contributed by atoms with E-state index in [1.807, 2.05) is 0 Å². The quantitative estimate of drug-likeness (QED) is 0.634. The van der Waals surface area contributed by atoms with E-state index in [1.165, 1.54) is 0 Å². The predicted octanol–water partition coefficient (Wildman–Crippen LogP) is 0.891. The van der Waals surface area contributed by atoms with Gasteiger partial charge in [-0.05, 0) is 56.6 Å². The van der Waals surface area contributed by atoms with E-state index in [4.69, 9.17) is 4.74 Å². The van der Waals surface area contributed by atoms with Gasteiger partial charge in [0.05, 0.1) is 19.7 Å². The minimum atomic E-state index is -0.259. The molecule has 1 atom stereocenters. The lowest BCUT2D eigenvalue weighted by molar-refractivity contribution is -0.135. The van der Waals surface area contributed by atoms with Crippen molar-refractivity contribution >= 4 is 23.5 Å². The number of amides is 2. The second-order valence-corrected chi connectivity index (χ2v) is 8.11. The van der Waals surface area contributed by atoms with Crippen LogP contribution in [-0.4, -0.2) is 81.7 Å². The van der Waals surface area contributed by atoms with Gasteiger partial charge in [0, 0.05) is 25.1 Å². The molecule has 10 heteroatoms. The average molecular weight is 428 g/mol. The zero-order chi connectivity index (χ0) is 22.0. The first-order valence-electron chi connectivity index (χ1n) is 10.5. The van der Waals surface area contributed by atoms with Crippen molar-refractivity contribution in [2.75, 3.05) is 38.6 Å². The van der Waals surface area contributed by atoms with Crippen molar-refractivity contribution in [3.05, 3.63) is 29.8 Å². The Kier molecular flexibility index (Phi) is 6.08. The molecule has 0 spiro atoms. The number of ketones is 1. The minimum Gasteiger partial charge on any atom is -0.497 e. The van der Waals surface area contributed by atoms with Crippen LogP contribution in [0.4, 0.5) is 5.95 Å². The maximum absolute atomic E-state index is 12.8. The van der Waals surface area contributed by atoms with Gasteiger partial charge in [0.15, 0.2) is 5.78 Å². The van der Waals surface area contributed by atoms with Crippen LogP contribution in [0.2, 0.25) is 0 Å². The monoisotopic (exact) mass is 428 g/mol. The van der Waals surface area contributed by atoms with Crippen molar-refractivity contribution in [2.24, 2.45) is 13.0 Å². The number of hydrogen-bond acceptors (Lipinski definition) is 6. The Labute approximate surface area is 180 Å². The van der Waals surface area contributed by atoms with E-state index in [-0.39, 0.29) is 36.1 Å². The Morgan fingerprint density at radius 1 is 1.16 bits per heavy atom. The number of ether oxygens (including phenoxy) is 1. The molecule has 0 saturated carbocycles. The number of carbonyl (C=O) groups is 3. The minimum absolute atomic E-state index is 0.0166. The van der Waals surface area contributed by atoms with Gasteiger partial charge in [-0.2, -0.15) is 0 Å². The third-order valence-corrected chi connectivity index (χ3v) is 6.19. The molecule has 2 saturated heterocycles. The number of piperidine rings is 1. The number of H-pyrrole nitrogens is 1. The van der Waals surface area contributed by atoms with Crippen molar-refractivity contribution in [3.8, 4) is 5.75 Å². The van der Waals surface area contributed by atoms with E-state index >= 15 is 0 Å². The Balaban J connectivity index is 1.27. The number of aromatic amines is 1. The number of benzene rings is 1. The lowest BCUT2D eigenvalue weighted by atomic mass is 9.88. The summed E-state index contributed by atoms with van der Waals surface area (Å²) in [6, 6.07) is 7.00. The van der Waals surface area contributed by atoms with Crippen molar-refractivity contribution in [3.63, 3.8) is 0 Å². The van der Waals surface area contributed by atoms with Gasteiger partial charge in [-0.15, -0.1) is 5.10 Å². The van der Waals surface area contributed by atoms with E-state index < -0.39 is 0 Å². The summed E-state index contributed by atoms with van der Waals surface area (Å²) in [5.41, 5.74) is 0.699. The van der Waals surface area contributed by atoms with Gasteiger partial charge in [0.2, 0.25) is 17.8 Å². The third-order valence-electron chi connectivity index (χ3n) is 6.19. The summed E-state index contributed by atoms with van der Waals surface area (Å²) in [6.45, 7) is 1.99. The van der Waals surface area contributed by atoms with Crippen molar-refractivity contribution in [2.45, 2.75) is 25.3 Å². The molecule has 1 aromatic heterocycles. The molecule has 31 heavy (non-hydrogen) atoms. The number of likely N-dealkylation sites (tertiary alicyclic amines) is 2. The van der Waals surface area contributed by atoms with Crippen LogP contribution in [0.25, 0.3) is 0 Å². The summed E-state index contributed by atoms with van der Waals surface area (Å²) in [5, 5.41) is 9.14. The van der Waals surface area contributed by atoms with Crippen LogP contribution in [-0.2, 0) is 16.6 Å². The summed E-state index contributed by atoms with van der Waals surface area (Å²) < 4.78 is 6.74. The molecule has 1 unspecified atom stereocenters. The molecule has 0 bridgehead atoms. The van der Waals surface area contributed by atoms with E-state index in [2.05, 4.69) is 20.5 Å². The fourth-order valence-corrected chi connectivity index (χ4v) is 4.33. The first-order chi connectivity index (χ1) is 15.0. The molecule has 2 aliphatic rings. The Morgan fingerprint density at radius 2 is 1.87 bits per heavy atom. The van der Waals surface area contributed by atoms with E-state index in [9.17, 15) is 14.4 Å². The molecular formula is C21H28N6O4. The van der Waals surface area contributed by atoms with E-state index in [0.29, 0.717) is 37.6 Å². The summed E-state index contributed by atoms with van der Waals surface area (Å²) in [6.07, 6.45) is 2.16. The van der Waals surface area contributed by atoms with Crippen molar-refractivity contribution in [1.29, 1.82) is 0 Å². The molecule has 2 N–H and O–H groups in total. The van der Waals surface area contributed by atoms with Gasteiger partial charge in [-0.3, -0.25) is 24.6 Å². The molecule has 2 amide bonds. The molecule has 10 nitrogen and oxygen atoms in total. The van der Waals surface area contributed by atoms with Gasteiger partial charge in [0.1, 0.15) is 5.75 Å². The van der Waals surface area contributed by atoms with Crippen LogP contribution in [0, 0.1) is 5.92 Å². The van der Waals surface area contributed by atoms with Gasteiger partial charge < -0.3 is 9.64 Å². The second kappa shape index (κ2) is 8.93. The van der Waals surface area contributed by atoms with Crippen molar-refractivity contribution < 1.29 is 19.1 Å². The van der Waals surface area contributed by atoms with Crippen LogP contribution in [0.3, 0.4) is 0 Å². The summed E-state index contributed by atoms with van der Waals surface area (Å²) in [5.74, 6) is 1.01. The van der Waals surface area contributed by atoms with Gasteiger partial charge in [0.25, 0.3) is 0 Å². The molecule has 2 aliphatic heterocycles. The lowest BCUT2D eigenvalue weighted by Gasteiger charge is -2.34. The fraction of sp³-hybridized carbons (Fsp3) is 0.524. The number of aryl methyl sites for hydroxylation is 1. The summed E-state index contributed by atoms with van der Waals surface area (Å²) in [7, 11) is 3.34. The number of aromatic nitrogens is 3. The Morgan fingerprint density at radius 3 is 2.45 bits per heavy atom. The maximum atomic E-state index is 12.8. The number of methoxy groups -OCH3 is 1. The fourth-order valence-electron chi connectivity index (χ4n) is 4.33. The van der Waals surface area contributed by atoms with Crippen LogP contribution in [0.1, 0.15) is 29.6 Å². The molecule has 2 aromatic rings. The van der Waals surface area contributed by atoms with Crippen molar-refractivity contribution in [1.82, 2.24) is 24.8 Å². The molecule has 166 valence electrons. The first kappa shape index (κ1) is 21.1. The van der Waals surface area contributed by atoms with Crippen LogP contribution >= 0.6 is 0 Å². The summed E-state index contributed by atoms with van der Waals surface area (Å²) >= 11 is 0. The molecule has 3 heterocycles. The largest absolute Gasteiger partial charge is 0.497 e. The first-order valence-corrected chi connectivity index (χ1v) is 10.5.